The van der Waals surface area contributed by atoms with Crippen molar-refractivity contribution in [3.05, 3.63) is 24.0 Å². The van der Waals surface area contributed by atoms with Gasteiger partial charge in [0.05, 0.1) is 18.9 Å². The van der Waals surface area contributed by atoms with Gasteiger partial charge in [-0.2, -0.15) is 0 Å². The number of hydrogen-bond donors (Lipinski definition) is 2. The molecule has 1 heterocycles. The molecule has 0 saturated carbocycles. The minimum absolute atomic E-state index is 0.375. The molecular weight excluding hydrogens is 176 g/mol. The molecule has 0 amide bonds. The summed E-state index contributed by atoms with van der Waals surface area (Å²) in [4.78, 5) is 7.79. The SMILES string of the molecule is C=C(Cl)CNc1cncc(N)n1. The Morgan fingerprint density at radius 2 is 2.42 bits per heavy atom. The summed E-state index contributed by atoms with van der Waals surface area (Å²) >= 11 is 5.53. The third-order valence-electron chi connectivity index (χ3n) is 1.11. The molecule has 0 atom stereocenters. The minimum Gasteiger partial charge on any atom is -0.382 e. The molecule has 0 radical (unpaired) electrons. The van der Waals surface area contributed by atoms with Gasteiger partial charge in [0.25, 0.3) is 0 Å². The first-order valence-corrected chi connectivity index (χ1v) is 3.71. The minimum atomic E-state index is 0.375. The Morgan fingerprint density at radius 1 is 1.67 bits per heavy atom. The van der Waals surface area contributed by atoms with Crippen molar-refractivity contribution in [3.63, 3.8) is 0 Å². The van der Waals surface area contributed by atoms with Crippen molar-refractivity contribution < 1.29 is 0 Å². The Hall–Kier alpha value is -1.29. The van der Waals surface area contributed by atoms with Crippen molar-refractivity contribution in [2.45, 2.75) is 0 Å². The number of nitrogens with zero attached hydrogens (tertiary/aromatic N) is 2. The number of aromatic nitrogens is 2. The average Bonchev–Trinajstić information content (AvgIpc) is 2.01. The second kappa shape index (κ2) is 3.92. The molecule has 0 aliphatic carbocycles. The van der Waals surface area contributed by atoms with Crippen LogP contribution in [0.3, 0.4) is 0 Å². The summed E-state index contributed by atoms with van der Waals surface area (Å²) < 4.78 is 0. The fourth-order valence-corrected chi connectivity index (χ4v) is 0.720. The Kier molecular flexibility index (Phi) is 2.88. The van der Waals surface area contributed by atoms with Crippen molar-refractivity contribution in [1.29, 1.82) is 0 Å². The van der Waals surface area contributed by atoms with Crippen molar-refractivity contribution in [3.8, 4) is 0 Å². The fraction of sp³-hybridized carbons (Fsp3) is 0.143. The van der Waals surface area contributed by atoms with E-state index in [9.17, 15) is 0 Å². The van der Waals surface area contributed by atoms with Gasteiger partial charge in [-0.1, -0.05) is 18.2 Å². The molecule has 0 aliphatic heterocycles. The smallest absolute Gasteiger partial charge is 0.147 e. The van der Waals surface area contributed by atoms with Crippen molar-refractivity contribution in [1.82, 2.24) is 9.97 Å². The molecule has 4 nitrogen and oxygen atoms in total. The normalized spacial score (nSPS) is 9.42. The predicted molar refractivity (Wildman–Crippen MR) is 49.9 cm³/mol. The van der Waals surface area contributed by atoms with E-state index in [0.29, 0.717) is 23.2 Å². The molecule has 0 fully saturated rings. The van der Waals surface area contributed by atoms with Crippen LogP contribution in [-0.4, -0.2) is 16.5 Å². The van der Waals surface area contributed by atoms with Gasteiger partial charge in [0.15, 0.2) is 0 Å². The molecule has 1 aromatic rings. The van der Waals surface area contributed by atoms with Gasteiger partial charge < -0.3 is 11.1 Å². The summed E-state index contributed by atoms with van der Waals surface area (Å²) in [6.45, 7) is 3.97. The molecule has 3 N–H and O–H groups in total. The van der Waals surface area contributed by atoms with E-state index in [1.165, 1.54) is 6.20 Å². The third kappa shape index (κ3) is 2.75. The Balaban J connectivity index is 2.57. The standard InChI is InChI=1S/C7H9ClN4/c1-5(8)2-11-7-4-10-3-6(9)12-7/h3-4H,1-2H2,(H3,9,11,12). The van der Waals surface area contributed by atoms with E-state index in [0.717, 1.165) is 0 Å². The van der Waals surface area contributed by atoms with Crippen LogP contribution in [0.4, 0.5) is 11.6 Å². The average molecular weight is 185 g/mol. The fourth-order valence-electron chi connectivity index (χ4n) is 0.653. The number of nitrogens with two attached hydrogens (primary N) is 1. The van der Waals surface area contributed by atoms with Crippen molar-refractivity contribution >= 4 is 23.2 Å². The molecule has 0 spiro atoms. The highest BCUT2D eigenvalue weighted by molar-refractivity contribution is 6.29. The van der Waals surface area contributed by atoms with Crippen LogP contribution in [0.15, 0.2) is 24.0 Å². The molecule has 0 unspecified atom stereocenters. The van der Waals surface area contributed by atoms with Crippen molar-refractivity contribution in [2.75, 3.05) is 17.6 Å². The van der Waals surface area contributed by atoms with Crippen LogP contribution in [0, 0.1) is 0 Å². The first-order valence-electron chi connectivity index (χ1n) is 3.33. The predicted octanol–water partition coefficient (Wildman–Crippen LogP) is 1.22. The maximum absolute atomic E-state index is 5.53. The molecule has 0 aromatic carbocycles. The lowest BCUT2D eigenvalue weighted by molar-refractivity contribution is 1.16. The Labute approximate surface area is 75.5 Å². The van der Waals surface area contributed by atoms with Gasteiger partial charge in [-0.05, 0) is 0 Å². The van der Waals surface area contributed by atoms with Gasteiger partial charge in [-0.3, -0.25) is 4.98 Å². The quantitative estimate of drug-likeness (QED) is 0.742. The number of halogens is 1. The maximum atomic E-state index is 5.53. The monoisotopic (exact) mass is 184 g/mol. The largest absolute Gasteiger partial charge is 0.382 e. The molecular formula is C7H9ClN4. The number of nitrogen functional groups attached to an aromatic ring is 1. The second-order valence-corrected chi connectivity index (χ2v) is 2.73. The highest BCUT2D eigenvalue weighted by Crippen LogP contribution is 2.04. The molecule has 1 aromatic heterocycles. The highest BCUT2D eigenvalue weighted by atomic mass is 35.5. The van der Waals surface area contributed by atoms with E-state index >= 15 is 0 Å². The zero-order valence-electron chi connectivity index (χ0n) is 6.42. The zero-order chi connectivity index (χ0) is 8.97. The zero-order valence-corrected chi connectivity index (χ0v) is 7.17. The van der Waals surface area contributed by atoms with Crippen LogP contribution in [0.1, 0.15) is 0 Å². The molecule has 1 rings (SSSR count). The second-order valence-electron chi connectivity index (χ2n) is 2.20. The van der Waals surface area contributed by atoms with E-state index in [-0.39, 0.29) is 0 Å². The molecule has 0 aliphatic rings. The number of rotatable bonds is 3. The number of nitrogens with one attached hydrogen (secondary N) is 1. The van der Waals surface area contributed by atoms with Gasteiger partial charge in [-0.25, -0.2) is 4.98 Å². The van der Waals surface area contributed by atoms with Crippen LogP contribution in [0.5, 0.6) is 0 Å². The number of anilines is 2. The Bertz CT molecular complexity index is 286. The van der Waals surface area contributed by atoms with E-state index < -0.39 is 0 Å². The molecule has 5 heteroatoms. The first kappa shape index (κ1) is 8.80. The van der Waals surface area contributed by atoms with Crippen LogP contribution in [-0.2, 0) is 0 Å². The van der Waals surface area contributed by atoms with Crippen LogP contribution < -0.4 is 11.1 Å². The van der Waals surface area contributed by atoms with E-state index in [1.807, 2.05) is 0 Å². The molecule has 0 bridgehead atoms. The molecule has 0 saturated heterocycles. The maximum Gasteiger partial charge on any atom is 0.147 e. The van der Waals surface area contributed by atoms with Crippen LogP contribution in [0.25, 0.3) is 0 Å². The van der Waals surface area contributed by atoms with Crippen LogP contribution >= 0.6 is 11.6 Å². The number of hydrogen-bond acceptors (Lipinski definition) is 4. The van der Waals surface area contributed by atoms with Crippen LogP contribution in [0.2, 0.25) is 0 Å². The summed E-state index contributed by atoms with van der Waals surface area (Å²) in [5, 5.41) is 3.41. The lowest BCUT2D eigenvalue weighted by Crippen LogP contribution is -2.04. The lowest BCUT2D eigenvalue weighted by atomic mass is 10.5. The summed E-state index contributed by atoms with van der Waals surface area (Å²) in [6, 6.07) is 0. The van der Waals surface area contributed by atoms with Gasteiger partial charge in [-0.15, -0.1) is 0 Å². The van der Waals surface area contributed by atoms with E-state index in [4.69, 9.17) is 17.3 Å². The van der Waals surface area contributed by atoms with E-state index in [2.05, 4.69) is 21.9 Å². The summed E-state index contributed by atoms with van der Waals surface area (Å²) in [6.07, 6.45) is 3.04. The third-order valence-corrected chi connectivity index (χ3v) is 1.25. The lowest BCUT2D eigenvalue weighted by Gasteiger charge is -2.02. The van der Waals surface area contributed by atoms with Crippen molar-refractivity contribution in [2.24, 2.45) is 0 Å². The molecule has 64 valence electrons. The molecule has 12 heavy (non-hydrogen) atoms. The van der Waals surface area contributed by atoms with Gasteiger partial charge >= 0.3 is 0 Å². The Morgan fingerprint density at radius 3 is 3.00 bits per heavy atom. The topological polar surface area (TPSA) is 63.8 Å². The highest BCUT2D eigenvalue weighted by Gasteiger charge is 1.94. The first-order chi connectivity index (χ1) is 5.68. The van der Waals surface area contributed by atoms with Gasteiger partial charge in [0.2, 0.25) is 0 Å². The van der Waals surface area contributed by atoms with Gasteiger partial charge in [0.1, 0.15) is 11.6 Å². The van der Waals surface area contributed by atoms with Gasteiger partial charge in [0, 0.05) is 5.03 Å². The summed E-state index contributed by atoms with van der Waals surface area (Å²) in [7, 11) is 0. The summed E-state index contributed by atoms with van der Waals surface area (Å²) in [5.74, 6) is 0.969. The summed E-state index contributed by atoms with van der Waals surface area (Å²) in [5.41, 5.74) is 5.40. The van der Waals surface area contributed by atoms with E-state index in [1.54, 1.807) is 6.20 Å².